The Labute approximate surface area is 452 Å². The van der Waals surface area contributed by atoms with Gasteiger partial charge in [0.1, 0.15) is 5.75 Å². The van der Waals surface area contributed by atoms with Gasteiger partial charge in [0.2, 0.25) is 5.75 Å². The molecule has 73 heavy (non-hydrogen) atoms. The Morgan fingerprint density at radius 2 is 0.575 bits per heavy atom. The zero-order chi connectivity index (χ0) is 52.2. The smallest absolute Gasteiger partial charge is 0.255 e. The minimum atomic E-state index is -0.241. The monoisotopic (exact) mass is 1020 g/mol. The van der Waals surface area contributed by atoms with Crippen molar-refractivity contribution in [2.45, 2.75) is 329 Å². The lowest BCUT2D eigenvalue weighted by atomic mass is 10.0. The summed E-state index contributed by atoms with van der Waals surface area (Å²) in [6, 6.07) is 10.3. The summed E-state index contributed by atoms with van der Waals surface area (Å²) in [6.07, 6.45) is 64.0. The maximum absolute atomic E-state index is 13.8. The molecule has 0 radical (unpaired) electrons. The minimum Gasteiger partial charge on any atom is -0.508 e. The fourth-order valence-corrected chi connectivity index (χ4v) is 10.3. The molecule has 0 unspecified atom stereocenters. The van der Waals surface area contributed by atoms with Gasteiger partial charge >= 0.3 is 0 Å². The molecule has 0 saturated heterocycles. The summed E-state index contributed by atoms with van der Waals surface area (Å²) >= 11 is 0. The van der Waals surface area contributed by atoms with Crippen LogP contribution in [0.25, 0.3) is 0 Å². The van der Waals surface area contributed by atoms with E-state index in [2.05, 4.69) is 26.1 Å². The van der Waals surface area contributed by atoms with Crippen molar-refractivity contribution in [3.05, 3.63) is 42.0 Å². The van der Waals surface area contributed by atoms with Crippen molar-refractivity contribution in [2.24, 2.45) is 0 Å². The third-order valence-electron chi connectivity index (χ3n) is 15.2. The molecular weight excluding hydrogens is 899 g/mol. The van der Waals surface area contributed by atoms with Crippen LogP contribution in [0.15, 0.2) is 36.4 Å². The molecule has 0 spiro atoms. The van der Waals surface area contributed by atoms with Crippen molar-refractivity contribution < 1.29 is 24.1 Å². The van der Waals surface area contributed by atoms with Gasteiger partial charge in [-0.3, -0.25) is 4.79 Å². The average molecular weight is 1020 g/mol. The van der Waals surface area contributed by atoms with Crippen LogP contribution in [0, 0.1) is 0 Å². The van der Waals surface area contributed by atoms with Crippen molar-refractivity contribution in [2.75, 3.05) is 25.1 Å². The van der Waals surface area contributed by atoms with Crippen LogP contribution in [0.5, 0.6) is 23.0 Å². The number of unbranched alkanes of at least 4 members (excludes halogenated alkanes) is 45. The van der Waals surface area contributed by atoms with Gasteiger partial charge in [-0.2, -0.15) is 0 Å². The first-order chi connectivity index (χ1) is 36.1. The molecule has 6 heteroatoms. The number of aromatic hydroxyl groups is 1. The first-order valence-corrected chi connectivity index (χ1v) is 32.3. The predicted octanol–water partition coefficient (Wildman–Crippen LogP) is 22.6. The third kappa shape index (κ3) is 40.1. The molecule has 422 valence electrons. The van der Waals surface area contributed by atoms with Gasteiger partial charge in [-0.05, 0) is 55.7 Å². The summed E-state index contributed by atoms with van der Waals surface area (Å²) in [4.78, 5) is 13.8. The van der Waals surface area contributed by atoms with Gasteiger partial charge in [-0.15, -0.1) is 0 Å². The van der Waals surface area contributed by atoms with E-state index in [-0.39, 0.29) is 11.7 Å². The molecule has 6 nitrogen and oxygen atoms in total. The fraction of sp³-hybridized carbons (Fsp3) is 0.806. The Kier molecular flexibility index (Phi) is 46.5. The molecule has 2 aromatic carbocycles. The number of carbonyl (C=O) groups is 1. The molecule has 1 amide bonds. The third-order valence-corrected chi connectivity index (χ3v) is 15.2. The van der Waals surface area contributed by atoms with E-state index in [9.17, 15) is 9.90 Å². The lowest BCUT2D eigenvalue weighted by Crippen LogP contribution is -2.14. The van der Waals surface area contributed by atoms with Gasteiger partial charge in [-0.25, -0.2) is 0 Å². The van der Waals surface area contributed by atoms with E-state index < -0.39 is 0 Å². The van der Waals surface area contributed by atoms with Crippen LogP contribution in [0.1, 0.15) is 339 Å². The minimum absolute atomic E-state index is 0.165. The molecule has 2 aromatic rings. The lowest BCUT2D eigenvalue weighted by molar-refractivity contribution is 0.102. The van der Waals surface area contributed by atoms with E-state index in [4.69, 9.17) is 14.2 Å². The van der Waals surface area contributed by atoms with E-state index in [1.165, 1.54) is 270 Å². The number of amides is 1. The summed E-state index contributed by atoms with van der Waals surface area (Å²) in [7, 11) is 0. The number of phenolic OH excluding ortho intramolecular Hbond substituents is 1. The Morgan fingerprint density at radius 1 is 0.342 bits per heavy atom. The highest BCUT2D eigenvalue weighted by Crippen LogP contribution is 2.40. The van der Waals surface area contributed by atoms with Crippen molar-refractivity contribution in [3.8, 4) is 23.0 Å². The van der Waals surface area contributed by atoms with E-state index >= 15 is 0 Å². The van der Waals surface area contributed by atoms with Gasteiger partial charge in [0.15, 0.2) is 11.5 Å². The first-order valence-electron chi connectivity index (χ1n) is 32.3. The number of benzene rings is 2. The normalized spacial score (nSPS) is 11.4. The highest BCUT2D eigenvalue weighted by Gasteiger charge is 2.20. The van der Waals surface area contributed by atoms with Crippen LogP contribution >= 0.6 is 0 Å². The summed E-state index contributed by atoms with van der Waals surface area (Å²) < 4.78 is 19.7. The van der Waals surface area contributed by atoms with Crippen LogP contribution in [0.4, 0.5) is 5.69 Å². The van der Waals surface area contributed by atoms with E-state index in [0.29, 0.717) is 48.3 Å². The molecule has 0 aliphatic heterocycles. The largest absolute Gasteiger partial charge is 0.508 e. The molecule has 0 aliphatic carbocycles. The Balaban J connectivity index is 1.90. The second kappa shape index (κ2) is 51.2. The maximum atomic E-state index is 13.8. The quantitative estimate of drug-likeness (QED) is 0.0510. The van der Waals surface area contributed by atoms with E-state index in [0.717, 1.165) is 38.5 Å². The average Bonchev–Trinajstić information content (AvgIpc) is 3.40. The van der Waals surface area contributed by atoms with Crippen LogP contribution in [0.2, 0.25) is 0 Å². The van der Waals surface area contributed by atoms with E-state index in [1.807, 2.05) is 12.1 Å². The van der Waals surface area contributed by atoms with E-state index in [1.54, 1.807) is 24.3 Å². The molecule has 2 rings (SSSR count). The SMILES string of the molecule is CCCCCCCCCCCCCCCCCCOc1cc(C(=O)Nc2ccc(O)cc2)cc(OCCCCCCCCCCCCCCCCCC)c1OCCCCCCCCCCCCCCCCCC. The Hall–Kier alpha value is -2.89. The molecule has 0 aliphatic rings. The van der Waals surface area contributed by atoms with Crippen LogP contribution < -0.4 is 19.5 Å². The summed E-state index contributed by atoms with van der Waals surface area (Å²) in [5, 5.41) is 12.9. The van der Waals surface area contributed by atoms with Crippen LogP contribution in [-0.2, 0) is 0 Å². The van der Waals surface area contributed by atoms with Gasteiger partial charge in [-0.1, -0.05) is 310 Å². The predicted molar refractivity (Wildman–Crippen MR) is 318 cm³/mol. The number of hydrogen-bond acceptors (Lipinski definition) is 5. The standard InChI is InChI=1S/C67H119NO5/c1-4-7-10-13-16-19-22-25-28-31-34-37-40-43-46-49-56-71-64-59-61(67(70)68-62-52-54-63(69)55-53-62)60-65(72-57-50-47-44-41-38-35-32-29-26-23-20-17-14-11-8-5-2)66(64)73-58-51-48-45-42-39-36-33-30-27-24-21-18-15-12-9-6-3/h52-55,59-60,69H,4-51,56-58H2,1-3H3,(H,68,70). The molecule has 2 N–H and O–H groups in total. The lowest BCUT2D eigenvalue weighted by Gasteiger charge is -2.19. The second-order valence-electron chi connectivity index (χ2n) is 22.3. The number of rotatable bonds is 56. The Morgan fingerprint density at radius 3 is 0.836 bits per heavy atom. The fourth-order valence-electron chi connectivity index (χ4n) is 10.3. The number of hydrogen-bond donors (Lipinski definition) is 2. The molecule has 0 heterocycles. The first kappa shape index (κ1) is 66.2. The van der Waals surface area contributed by atoms with Crippen molar-refractivity contribution in [1.29, 1.82) is 0 Å². The zero-order valence-electron chi connectivity index (χ0n) is 48.6. The maximum Gasteiger partial charge on any atom is 0.255 e. The van der Waals surface area contributed by atoms with Crippen LogP contribution in [-0.4, -0.2) is 30.8 Å². The van der Waals surface area contributed by atoms with Crippen molar-refractivity contribution in [1.82, 2.24) is 0 Å². The highest BCUT2D eigenvalue weighted by atomic mass is 16.5. The molecule has 0 atom stereocenters. The summed E-state index contributed by atoms with van der Waals surface area (Å²) in [5.74, 6) is 1.75. The summed E-state index contributed by atoms with van der Waals surface area (Å²) in [5.41, 5.74) is 1.10. The molecule has 0 aromatic heterocycles. The highest BCUT2D eigenvalue weighted by molar-refractivity contribution is 6.05. The number of anilines is 1. The number of nitrogens with one attached hydrogen (secondary N) is 1. The zero-order valence-corrected chi connectivity index (χ0v) is 48.6. The second-order valence-corrected chi connectivity index (χ2v) is 22.3. The number of carbonyl (C=O) groups excluding carboxylic acids is 1. The van der Waals surface area contributed by atoms with Gasteiger partial charge in [0.05, 0.1) is 19.8 Å². The number of ether oxygens (including phenoxy) is 3. The molecule has 0 bridgehead atoms. The van der Waals surface area contributed by atoms with Crippen molar-refractivity contribution in [3.63, 3.8) is 0 Å². The van der Waals surface area contributed by atoms with Gasteiger partial charge in [0.25, 0.3) is 5.91 Å². The number of phenols is 1. The Bertz CT molecular complexity index is 1420. The van der Waals surface area contributed by atoms with Gasteiger partial charge in [0, 0.05) is 11.3 Å². The topological polar surface area (TPSA) is 77.0 Å². The molecule has 0 saturated carbocycles. The van der Waals surface area contributed by atoms with Gasteiger partial charge < -0.3 is 24.6 Å². The van der Waals surface area contributed by atoms with Crippen LogP contribution in [0.3, 0.4) is 0 Å². The molecular formula is C67H119NO5. The van der Waals surface area contributed by atoms with Crippen molar-refractivity contribution >= 4 is 11.6 Å². The summed E-state index contributed by atoms with van der Waals surface area (Å²) in [6.45, 7) is 8.64. The molecule has 0 fully saturated rings.